The Morgan fingerprint density at radius 1 is 1.04 bits per heavy atom. The Kier molecular flexibility index (Phi) is 3.98. The summed E-state index contributed by atoms with van der Waals surface area (Å²) in [6.07, 6.45) is 0. The molecule has 2 aromatic carbocycles. The molecule has 0 unspecified atom stereocenters. The van der Waals surface area contributed by atoms with Gasteiger partial charge in [-0.25, -0.2) is 0 Å². The van der Waals surface area contributed by atoms with Gasteiger partial charge in [0.15, 0.2) is 0 Å². The number of fused-ring (bicyclic) bond motifs is 1. The Balaban J connectivity index is 1.93. The quantitative estimate of drug-likeness (QED) is 0.807. The Morgan fingerprint density at radius 2 is 1.83 bits per heavy atom. The number of para-hydroxylation sites is 1. The number of benzene rings is 2. The zero-order chi connectivity index (χ0) is 16.4. The van der Waals surface area contributed by atoms with E-state index in [2.05, 4.69) is 5.32 Å². The molecule has 4 heteroatoms. The van der Waals surface area contributed by atoms with Crippen LogP contribution in [0.4, 0.5) is 5.69 Å². The minimum absolute atomic E-state index is 0.00499. The van der Waals surface area contributed by atoms with Gasteiger partial charge in [0.25, 0.3) is 5.56 Å². The number of carbonyl (C=O) groups is 1. The first-order valence-electron chi connectivity index (χ1n) is 7.50. The molecule has 0 saturated carbocycles. The van der Waals surface area contributed by atoms with Gasteiger partial charge in [0.05, 0.1) is 5.52 Å². The number of aromatic nitrogens is 1. The van der Waals surface area contributed by atoms with Crippen molar-refractivity contribution in [1.29, 1.82) is 0 Å². The van der Waals surface area contributed by atoms with E-state index < -0.39 is 0 Å². The van der Waals surface area contributed by atoms with Crippen LogP contribution in [-0.2, 0) is 11.3 Å². The van der Waals surface area contributed by atoms with Gasteiger partial charge < -0.3 is 5.32 Å². The van der Waals surface area contributed by atoms with Gasteiger partial charge in [-0.1, -0.05) is 30.3 Å². The van der Waals surface area contributed by atoms with Crippen LogP contribution in [-0.4, -0.2) is 10.5 Å². The van der Waals surface area contributed by atoms with Crippen LogP contribution in [0.3, 0.4) is 0 Å². The van der Waals surface area contributed by atoms with E-state index in [9.17, 15) is 9.59 Å². The highest BCUT2D eigenvalue weighted by Crippen LogP contribution is 2.14. The normalized spacial score (nSPS) is 10.7. The lowest BCUT2D eigenvalue weighted by Gasteiger charge is -2.12. The molecule has 23 heavy (non-hydrogen) atoms. The van der Waals surface area contributed by atoms with Crippen molar-refractivity contribution in [3.8, 4) is 0 Å². The van der Waals surface area contributed by atoms with Crippen LogP contribution >= 0.6 is 0 Å². The summed E-state index contributed by atoms with van der Waals surface area (Å²) in [4.78, 5) is 24.7. The smallest absolute Gasteiger partial charge is 0.254 e. The molecule has 0 fully saturated rings. The van der Waals surface area contributed by atoms with E-state index in [0.29, 0.717) is 5.56 Å². The number of nitrogens with zero attached hydrogens (tertiary/aromatic N) is 1. The van der Waals surface area contributed by atoms with E-state index in [1.807, 2.05) is 61.5 Å². The number of nitrogens with one attached hydrogen (secondary N) is 1. The van der Waals surface area contributed by atoms with Crippen LogP contribution in [0.5, 0.6) is 0 Å². The zero-order valence-corrected chi connectivity index (χ0v) is 13.2. The Morgan fingerprint density at radius 3 is 2.61 bits per heavy atom. The van der Waals surface area contributed by atoms with Crippen LogP contribution < -0.4 is 10.9 Å². The molecule has 1 aromatic heterocycles. The third kappa shape index (κ3) is 3.16. The molecular formula is C19H18N2O2. The fourth-order valence-electron chi connectivity index (χ4n) is 2.70. The van der Waals surface area contributed by atoms with Gasteiger partial charge in [-0.05, 0) is 49.1 Å². The highest BCUT2D eigenvalue weighted by molar-refractivity contribution is 5.91. The molecule has 1 heterocycles. The van der Waals surface area contributed by atoms with Gasteiger partial charge in [-0.2, -0.15) is 0 Å². The summed E-state index contributed by atoms with van der Waals surface area (Å²) in [5.74, 6) is -0.214. The van der Waals surface area contributed by atoms with E-state index in [1.165, 1.54) is 4.57 Å². The molecule has 0 aliphatic rings. The average molecular weight is 306 g/mol. The molecule has 4 nitrogen and oxygen atoms in total. The second-order valence-corrected chi connectivity index (χ2v) is 5.70. The average Bonchev–Trinajstić information content (AvgIpc) is 2.52. The molecule has 0 atom stereocenters. The van der Waals surface area contributed by atoms with Gasteiger partial charge in [-0.3, -0.25) is 14.2 Å². The SMILES string of the molecule is Cc1cccc(NC(=O)Cn2c(=O)c(C)cc3ccccc32)c1. The predicted octanol–water partition coefficient (Wildman–Crippen LogP) is 3.26. The van der Waals surface area contributed by atoms with Crippen molar-refractivity contribution in [2.24, 2.45) is 0 Å². The molecule has 3 rings (SSSR count). The van der Waals surface area contributed by atoms with Crippen molar-refractivity contribution >= 4 is 22.5 Å². The highest BCUT2D eigenvalue weighted by Gasteiger charge is 2.10. The zero-order valence-electron chi connectivity index (χ0n) is 13.2. The van der Waals surface area contributed by atoms with Crippen molar-refractivity contribution in [2.75, 3.05) is 5.32 Å². The van der Waals surface area contributed by atoms with Gasteiger partial charge in [-0.15, -0.1) is 0 Å². The molecule has 0 aliphatic heterocycles. The third-order valence-electron chi connectivity index (χ3n) is 3.79. The van der Waals surface area contributed by atoms with E-state index in [4.69, 9.17) is 0 Å². The Hall–Kier alpha value is -2.88. The topological polar surface area (TPSA) is 51.1 Å². The predicted molar refractivity (Wildman–Crippen MR) is 92.8 cm³/mol. The number of aryl methyl sites for hydroxylation is 2. The monoisotopic (exact) mass is 306 g/mol. The van der Waals surface area contributed by atoms with Crippen molar-refractivity contribution in [3.63, 3.8) is 0 Å². The largest absolute Gasteiger partial charge is 0.325 e. The second-order valence-electron chi connectivity index (χ2n) is 5.70. The molecule has 1 N–H and O–H groups in total. The standard InChI is InChI=1S/C19H18N2O2/c1-13-6-5-8-16(10-13)20-18(22)12-21-17-9-4-3-7-15(17)11-14(2)19(21)23/h3-11H,12H2,1-2H3,(H,20,22). The van der Waals surface area contributed by atoms with E-state index in [1.54, 1.807) is 6.92 Å². The van der Waals surface area contributed by atoms with E-state index in [-0.39, 0.29) is 18.0 Å². The van der Waals surface area contributed by atoms with Gasteiger partial charge in [0.1, 0.15) is 6.54 Å². The van der Waals surface area contributed by atoms with Crippen LogP contribution in [0, 0.1) is 13.8 Å². The first-order chi connectivity index (χ1) is 11.0. The summed E-state index contributed by atoms with van der Waals surface area (Å²) in [6, 6.07) is 17.0. The van der Waals surface area contributed by atoms with Gasteiger partial charge >= 0.3 is 0 Å². The maximum atomic E-state index is 12.4. The Labute approximate surface area is 134 Å². The van der Waals surface area contributed by atoms with Crippen molar-refractivity contribution < 1.29 is 4.79 Å². The second kappa shape index (κ2) is 6.08. The van der Waals surface area contributed by atoms with Crippen LogP contribution in [0.2, 0.25) is 0 Å². The molecule has 116 valence electrons. The maximum Gasteiger partial charge on any atom is 0.254 e. The van der Waals surface area contributed by atoms with Crippen LogP contribution in [0.15, 0.2) is 59.4 Å². The van der Waals surface area contributed by atoms with Crippen LogP contribution in [0.25, 0.3) is 10.9 Å². The molecule has 0 saturated heterocycles. The Bertz CT molecular complexity index is 941. The summed E-state index contributed by atoms with van der Waals surface area (Å²) in [5.41, 5.74) is 3.07. The van der Waals surface area contributed by atoms with Crippen molar-refractivity contribution in [3.05, 3.63) is 76.1 Å². The third-order valence-corrected chi connectivity index (χ3v) is 3.79. The minimum atomic E-state index is -0.214. The van der Waals surface area contributed by atoms with Gasteiger partial charge in [0.2, 0.25) is 5.91 Å². The molecule has 0 bridgehead atoms. The lowest BCUT2D eigenvalue weighted by Crippen LogP contribution is -2.29. The molecule has 0 radical (unpaired) electrons. The molecule has 0 aliphatic carbocycles. The number of hydrogen-bond acceptors (Lipinski definition) is 2. The first-order valence-corrected chi connectivity index (χ1v) is 7.50. The lowest BCUT2D eigenvalue weighted by molar-refractivity contribution is -0.116. The summed E-state index contributed by atoms with van der Waals surface area (Å²) in [5, 5.41) is 3.80. The summed E-state index contributed by atoms with van der Waals surface area (Å²) in [6.45, 7) is 3.73. The summed E-state index contributed by atoms with van der Waals surface area (Å²) in [7, 11) is 0. The minimum Gasteiger partial charge on any atom is -0.325 e. The van der Waals surface area contributed by atoms with Crippen molar-refractivity contribution in [1.82, 2.24) is 4.57 Å². The lowest BCUT2D eigenvalue weighted by atomic mass is 10.1. The molecule has 0 spiro atoms. The number of rotatable bonds is 3. The summed E-state index contributed by atoms with van der Waals surface area (Å²) < 4.78 is 1.52. The fourth-order valence-corrected chi connectivity index (χ4v) is 2.70. The molecule has 1 amide bonds. The highest BCUT2D eigenvalue weighted by atomic mass is 16.2. The number of anilines is 1. The number of hydrogen-bond donors (Lipinski definition) is 1. The maximum absolute atomic E-state index is 12.4. The number of pyridine rings is 1. The fraction of sp³-hybridized carbons (Fsp3) is 0.158. The van der Waals surface area contributed by atoms with E-state index >= 15 is 0 Å². The molecular weight excluding hydrogens is 288 g/mol. The van der Waals surface area contributed by atoms with E-state index in [0.717, 1.165) is 22.2 Å². The van der Waals surface area contributed by atoms with Crippen LogP contribution in [0.1, 0.15) is 11.1 Å². The first kappa shape index (κ1) is 15.0. The van der Waals surface area contributed by atoms with Gasteiger partial charge in [0, 0.05) is 11.3 Å². The number of amides is 1. The number of carbonyl (C=O) groups excluding carboxylic acids is 1. The molecule has 3 aromatic rings. The summed E-state index contributed by atoms with van der Waals surface area (Å²) >= 11 is 0. The van der Waals surface area contributed by atoms with Crippen molar-refractivity contribution in [2.45, 2.75) is 20.4 Å².